The lowest BCUT2D eigenvalue weighted by Gasteiger charge is -1.88. The largest absolute Gasteiger partial charge is 0.240 e. The van der Waals surface area contributed by atoms with Gasteiger partial charge in [-0.05, 0) is 6.42 Å². The first-order valence-electron chi connectivity index (χ1n) is 2.76. The topological polar surface area (TPSA) is 28.2 Å². The maximum absolute atomic E-state index is 4.18. The predicted molar refractivity (Wildman–Crippen MR) is 28.4 cm³/mol. The first-order chi connectivity index (χ1) is 3.50. The normalized spacial score (nSPS) is 24.0. The van der Waals surface area contributed by atoms with Gasteiger partial charge in [-0.2, -0.15) is 0 Å². The van der Waals surface area contributed by atoms with Crippen molar-refractivity contribution in [2.75, 3.05) is 26.2 Å². The van der Waals surface area contributed by atoms with E-state index in [0.717, 1.165) is 26.2 Å². The van der Waals surface area contributed by atoms with Crippen LogP contribution < -0.4 is 10.6 Å². The smallest absolute Gasteiger partial charge is 0.0275 e. The third kappa shape index (κ3) is 1.90. The number of hydrogen-bond donors (Lipinski definition) is 0. The van der Waals surface area contributed by atoms with Crippen molar-refractivity contribution in [2.45, 2.75) is 6.42 Å². The quantitative estimate of drug-likeness (QED) is 0.394. The molecule has 1 aliphatic rings. The summed E-state index contributed by atoms with van der Waals surface area (Å²) in [4.78, 5) is 0. The fourth-order valence-electron chi connectivity index (χ4n) is 0.659. The summed E-state index contributed by atoms with van der Waals surface area (Å²) in [5.41, 5.74) is 0. The minimum atomic E-state index is 0.958. The lowest BCUT2D eigenvalue weighted by atomic mass is 10.4. The van der Waals surface area contributed by atoms with Crippen LogP contribution in [0.3, 0.4) is 0 Å². The van der Waals surface area contributed by atoms with E-state index in [9.17, 15) is 0 Å². The SMILES string of the molecule is C1C[N]CC[N]C1. The molecule has 1 fully saturated rings. The lowest BCUT2D eigenvalue weighted by molar-refractivity contribution is 0.699. The molecular weight excluding hydrogens is 88.1 g/mol. The predicted octanol–water partition coefficient (Wildman–Crippen LogP) is -0.401. The van der Waals surface area contributed by atoms with Gasteiger partial charge in [0.05, 0.1) is 0 Å². The van der Waals surface area contributed by atoms with Crippen molar-refractivity contribution in [1.29, 1.82) is 0 Å². The molecule has 2 nitrogen and oxygen atoms in total. The fourth-order valence-corrected chi connectivity index (χ4v) is 0.659. The highest BCUT2D eigenvalue weighted by Gasteiger charge is 1.95. The molecule has 0 aromatic heterocycles. The highest BCUT2D eigenvalue weighted by atomic mass is 15.0. The van der Waals surface area contributed by atoms with Crippen LogP contribution in [0.15, 0.2) is 0 Å². The first-order valence-corrected chi connectivity index (χ1v) is 2.76. The van der Waals surface area contributed by atoms with Crippen molar-refractivity contribution in [3.05, 3.63) is 0 Å². The Bertz CT molecular complexity index is 25.7. The summed E-state index contributed by atoms with van der Waals surface area (Å²) in [6.45, 7) is 3.98. The van der Waals surface area contributed by atoms with E-state index in [4.69, 9.17) is 0 Å². The van der Waals surface area contributed by atoms with Gasteiger partial charge in [-0.25, -0.2) is 10.6 Å². The zero-order valence-corrected chi connectivity index (χ0v) is 4.43. The van der Waals surface area contributed by atoms with Gasteiger partial charge < -0.3 is 0 Å². The molecule has 0 spiro atoms. The molecule has 2 heteroatoms. The van der Waals surface area contributed by atoms with E-state index in [2.05, 4.69) is 10.6 Å². The molecule has 1 saturated heterocycles. The zero-order chi connectivity index (χ0) is 4.95. The molecule has 0 saturated carbocycles. The average molecular weight is 98.1 g/mol. The van der Waals surface area contributed by atoms with Gasteiger partial charge in [0.2, 0.25) is 0 Å². The van der Waals surface area contributed by atoms with Gasteiger partial charge >= 0.3 is 0 Å². The average Bonchev–Trinajstić information content (AvgIpc) is 1.90. The standard InChI is InChI=1S/C5H10N2/c1-2-6-4-5-7-3-1/h1-5H2. The molecule has 7 heavy (non-hydrogen) atoms. The van der Waals surface area contributed by atoms with Gasteiger partial charge in [-0.15, -0.1) is 0 Å². The van der Waals surface area contributed by atoms with Crippen LogP contribution in [-0.2, 0) is 0 Å². The molecule has 0 aliphatic carbocycles. The minimum absolute atomic E-state index is 0.958. The Balaban J connectivity index is 2.04. The van der Waals surface area contributed by atoms with Crippen molar-refractivity contribution >= 4 is 0 Å². The Morgan fingerprint density at radius 1 is 0.714 bits per heavy atom. The fraction of sp³-hybridized carbons (Fsp3) is 1.00. The van der Waals surface area contributed by atoms with Gasteiger partial charge in [0.25, 0.3) is 0 Å². The summed E-state index contributed by atoms with van der Waals surface area (Å²) in [6.07, 6.45) is 1.17. The van der Waals surface area contributed by atoms with E-state index >= 15 is 0 Å². The van der Waals surface area contributed by atoms with Gasteiger partial charge in [0, 0.05) is 26.2 Å². The summed E-state index contributed by atoms with van der Waals surface area (Å²) >= 11 is 0. The second-order valence-corrected chi connectivity index (χ2v) is 1.70. The molecule has 1 aliphatic heterocycles. The van der Waals surface area contributed by atoms with Crippen LogP contribution in [0.4, 0.5) is 0 Å². The molecule has 0 atom stereocenters. The molecule has 0 aromatic rings. The minimum Gasteiger partial charge on any atom is -0.240 e. The molecule has 0 aromatic carbocycles. The summed E-state index contributed by atoms with van der Waals surface area (Å²) < 4.78 is 0. The van der Waals surface area contributed by atoms with E-state index in [0.29, 0.717) is 0 Å². The van der Waals surface area contributed by atoms with E-state index in [1.54, 1.807) is 0 Å². The van der Waals surface area contributed by atoms with E-state index in [-0.39, 0.29) is 0 Å². The maximum atomic E-state index is 4.18. The van der Waals surface area contributed by atoms with Gasteiger partial charge in [-0.1, -0.05) is 0 Å². The van der Waals surface area contributed by atoms with Crippen LogP contribution in [0.2, 0.25) is 0 Å². The monoisotopic (exact) mass is 98.1 g/mol. The Hall–Kier alpha value is -0.0800. The van der Waals surface area contributed by atoms with Crippen LogP contribution in [0, 0.1) is 0 Å². The lowest BCUT2D eigenvalue weighted by Crippen LogP contribution is -2.11. The van der Waals surface area contributed by atoms with E-state index < -0.39 is 0 Å². The third-order valence-corrected chi connectivity index (χ3v) is 1.05. The number of hydrogen-bond acceptors (Lipinski definition) is 0. The molecule has 0 amide bonds. The highest BCUT2D eigenvalue weighted by molar-refractivity contribution is 4.57. The Labute approximate surface area is 44.3 Å². The first kappa shape index (κ1) is 5.06. The van der Waals surface area contributed by atoms with Crippen molar-refractivity contribution in [3.8, 4) is 0 Å². The van der Waals surface area contributed by atoms with Crippen LogP contribution >= 0.6 is 0 Å². The van der Waals surface area contributed by atoms with E-state index in [1.165, 1.54) is 6.42 Å². The number of rotatable bonds is 0. The van der Waals surface area contributed by atoms with Crippen LogP contribution in [0.5, 0.6) is 0 Å². The second kappa shape index (κ2) is 2.99. The molecule has 2 radical (unpaired) electrons. The zero-order valence-electron chi connectivity index (χ0n) is 4.43. The Morgan fingerprint density at radius 2 is 1.29 bits per heavy atom. The van der Waals surface area contributed by atoms with Gasteiger partial charge in [0.1, 0.15) is 0 Å². The number of nitrogens with zero attached hydrogens (tertiary/aromatic N) is 2. The van der Waals surface area contributed by atoms with Crippen LogP contribution in [0.1, 0.15) is 6.42 Å². The molecular formula is C5H10N2. The molecule has 0 unspecified atom stereocenters. The van der Waals surface area contributed by atoms with Crippen molar-refractivity contribution in [1.82, 2.24) is 10.6 Å². The van der Waals surface area contributed by atoms with Crippen molar-refractivity contribution in [3.63, 3.8) is 0 Å². The van der Waals surface area contributed by atoms with Crippen molar-refractivity contribution < 1.29 is 0 Å². The highest BCUT2D eigenvalue weighted by Crippen LogP contribution is 1.80. The van der Waals surface area contributed by atoms with E-state index in [1.807, 2.05) is 0 Å². The summed E-state index contributed by atoms with van der Waals surface area (Å²) in [6, 6.07) is 0. The molecule has 1 rings (SSSR count). The third-order valence-electron chi connectivity index (χ3n) is 1.05. The Morgan fingerprint density at radius 3 is 1.86 bits per heavy atom. The molecule has 40 valence electrons. The van der Waals surface area contributed by atoms with Gasteiger partial charge in [-0.3, -0.25) is 0 Å². The van der Waals surface area contributed by atoms with Crippen LogP contribution in [0.25, 0.3) is 0 Å². The summed E-state index contributed by atoms with van der Waals surface area (Å²) in [7, 11) is 0. The molecule has 0 bridgehead atoms. The van der Waals surface area contributed by atoms with Crippen LogP contribution in [-0.4, -0.2) is 26.2 Å². The molecule has 0 N–H and O–H groups in total. The summed E-state index contributed by atoms with van der Waals surface area (Å²) in [5, 5.41) is 8.35. The summed E-state index contributed by atoms with van der Waals surface area (Å²) in [5.74, 6) is 0. The van der Waals surface area contributed by atoms with Gasteiger partial charge in [0.15, 0.2) is 0 Å². The Kier molecular flexibility index (Phi) is 2.17. The second-order valence-electron chi connectivity index (χ2n) is 1.70. The molecule has 1 heterocycles. The maximum Gasteiger partial charge on any atom is 0.0275 e. The van der Waals surface area contributed by atoms with Crippen molar-refractivity contribution in [2.24, 2.45) is 0 Å².